The van der Waals surface area contributed by atoms with E-state index in [-0.39, 0.29) is 11.1 Å². The Balaban J connectivity index is 1.97. The lowest BCUT2D eigenvalue weighted by molar-refractivity contribution is 0.524. The van der Waals surface area contributed by atoms with E-state index in [0.29, 0.717) is 25.5 Å². The summed E-state index contributed by atoms with van der Waals surface area (Å²) in [4.78, 5) is 8.12. The Hall–Kier alpha value is -1.90. The average molecular weight is 310 g/mol. The lowest BCUT2D eigenvalue weighted by Crippen LogP contribution is -2.38. The maximum absolute atomic E-state index is 12.7. The van der Waals surface area contributed by atoms with Gasteiger partial charge >= 0.3 is 0 Å². The molecule has 114 valence electrons. The summed E-state index contributed by atoms with van der Waals surface area (Å²) in [6, 6.07) is 0.214. The molecule has 1 unspecified atom stereocenters. The van der Waals surface area contributed by atoms with Crippen molar-refractivity contribution < 1.29 is 8.42 Å². The summed E-state index contributed by atoms with van der Waals surface area (Å²) in [5, 5.41) is 4.09. The van der Waals surface area contributed by atoms with Crippen LogP contribution in [-0.4, -0.2) is 39.3 Å². The van der Waals surface area contributed by atoms with Crippen molar-refractivity contribution in [1.82, 2.24) is 24.3 Å². The Kier molecular flexibility index (Phi) is 3.44. The normalized spacial score (nSPS) is 16.8. The Labute approximate surface area is 123 Å². The Bertz CT molecular complexity index is 735. The summed E-state index contributed by atoms with van der Waals surface area (Å²) < 4.78 is 30.2. The van der Waals surface area contributed by atoms with Crippen molar-refractivity contribution in [2.75, 3.05) is 10.8 Å². The molecule has 8 nitrogen and oxygen atoms in total. The number of hydrogen-bond acceptors (Lipinski definition) is 5. The first-order chi connectivity index (χ1) is 10.0. The van der Waals surface area contributed by atoms with Crippen LogP contribution in [0.25, 0.3) is 0 Å². The van der Waals surface area contributed by atoms with Crippen LogP contribution in [0.4, 0.5) is 5.95 Å². The van der Waals surface area contributed by atoms with E-state index >= 15 is 0 Å². The standard InChI is InChI=1S/C12H18N6O2S/c1-3-10(2)16-7-11(14-9-16)21(19,20)18-6-4-5-17-12(18)13-8-15-17/h7-10H,3-6H2,1-2H3. The third-order valence-electron chi connectivity index (χ3n) is 3.78. The van der Waals surface area contributed by atoms with E-state index in [1.165, 1.54) is 10.6 Å². The topological polar surface area (TPSA) is 85.9 Å². The predicted octanol–water partition coefficient (Wildman–Crippen LogP) is 1.04. The molecule has 0 saturated heterocycles. The number of nitrogens with zero attached hydrogens (tertiary/aromatic N) is 6. The molecule has 2 aromatic heterocycles. The van der Waals surface area contributed by atoms with Gasteiger partial charge in [-0.05, 0) is 19.8 Å². The lowest BCUT2D eigenvalue weighted by Gasteiger charge is -2.26. The van der Waals surface area contributed by atoms with Crippen molar-refractivity contribution in [3.63, 3.8) is 0 Å². The molecule has 0 amide bonds. The summed E-state index contributed by atoms with van der Waals surface area (Å²) in [6.45, 7) is 5.15. The number of aromatic nitrogens is 5. The first kappa shape index (κ1) is 14.1. The van der Waals surface area contributed by atoms with Crippen molar-refractivity contribution in [1.29, 1.82) is 0 Å². The van der Waals surface area contributed by atoms with Crippen LogP contribution in [0.15, 0.2) is 23.9 Å². The van der Waals surface area contributed by atoms with Crippen LogP contribution in [-0.2, 0) is 16.6 Å². The van der Waals surface area contributed by atoms with Crippen molar-refractivity contribution in [2.45, 2.75) is 44.3 Å². The van der Waals surface area contributed by atoms with Gasteiger partial charge in [0.1, 0.15) is 6.33 Å². The van der Waals surface area contributed by atoms with E-state index in [4.69, 9.17) is 0 Å². The highest BCUT2D eigenvalue weighted by atomic mass is 32.2. The fourth-order valence-corrected chi connectivity index (χ4v) is 3.70. The molecule has 3 rings (SSSR count). The highest BCUT2D eigenvalue weighted by Crippen LogP contribution is 2.25. The minimum Gasteiger partial charge on any atom is -0.333 e. The molecule has 21 heavy (non-hydrogen) atoms. The highest BCUT2D eigenvalue weighted by Gasteiger charge is 2.32. The fourth-order valence-electron chi connectivity index (χ4n) is 2.32. The van der Waals surface area contributed by atoms with Gasteiger partial charge < -0.3 is 4.57 Å². The zero-order valence-corrected chi connectivity index (χ0v) is 12.9. The molecule has 9 heteroatoms. The monoisotopic (exact) mass is 310 g/mol. The predicted molar refractivity (Wildman–Crippen MR) is 76.4 cm³/mol. The number of fused-ring (bicyclic) bond motifs is 1. The van der Waals surface area contributed by atoms with Crippen LogP contribution in [0.3, 0.4) is 0 Å². The second kappa shape index (κ2) is 5.14. The van der Waals surface area contributed by atoms with E-state index < -0.39 is 10.0 Å². The largest absolute Gasteiger partial charge is 0.333 e. The minimum absolute atomic E-state index is 0.0549. The molecular formula is C12H18N6O2S. The van der Waals surface area contributed by atoms with Gasteiger partial charge in [0.2, 0.25) is 5.95 Å². The van der Waals surface area contributed by atoms with Crippen LogP contribution >= 0.6 is 0 Å². The van der Waals surface area contributed by atoms with Crippen LogP contribution in [0.1, 0.15) is 32.7 Å². The SMILES string of the molecule is CCC(C)n1cnc(S(=O)(=O)N2CCCn3ncnc32)c1. The molecule has 0 fully saturated rings. The summed E-state index contributed by atoms with van der Waals surface area (Å²) in [6.07, 6.45) is 6.14. The van der Waals surface area contributed by atoms with Crippen LogP contribution in [0.2, 0.25) is 0 Å². The second-order valence-corrected chi connectivity index (χ2v) is 6.94. The van der Waals surface area contributed by atoms with Gasteiger partial charge in [0.05, 0.1) is 6.33 Å². The van der Waals surface area contributed by atoms with Crippen LogP contribution in [0, 0.1) is 0 Å². The third kappa shape index (κ3) is 2.31. The van der Waals surface area contributed by atoms with Gasteiger partial charge in [0.25, 0.3) is 10.0 Å². The molecule has 2 aromatic rings. The number of imidazole rings is 1. The second-order valence-electron chi connectivity index (χ2n) is 5.13. The summed E-state index contributed by atoms with van der Waals surface area (Å²) >= 11 is 0. The smallest absolute Gasteiger partial charge is 0.285 e. The number of rotatable bonds is 4. The van der Waals surface area contributed by atoms with Crippen molar-refractivity contribution in [3.8, 4) is 0 Å². The lowest BCUT2D eigenvalue weighted by atomic mass is 10.3. The quantitative estimate of drug-likeness (QED) is 0.842. The number of sulfonamides is 1. The molecule has 0 radical (unpaired) electrons. The molecule has 0 aliphatic carbocycles. The third-order valence-corrected chi connectivity index (χ3v) is 5.45. The fraction of sp³-hybridized carbons (Fsp3) is 0.583. The van der Waals surface area contributed by atoms with Crippen LogP contribution < -0.4 is 4.31 Å². The van der Waals surface area contributed by atoms with Gasteiger partial charge in [-0.2, -0.15) is 18.5 Å². The zero-order valence-electron chi connectivity index (χ0n) is 12.0. The van der Waals surface area contributed by atoms with E-state index in [1.54, 1.807) is 17.2 Å². The molecule has 3 heterocycles. The molecular weight excluding hydrogens is 292 g/mol. The van der Waals surface area contributed by atoms with Crippen molar-refractivity contribution in [3.05, 3.63) is 18.9 Å². The maximum Gasteiger partial charge on any atom is 0.285 e. The highest BCUT2D eigenvalue weighted by molar-refractivity contribution is 7.92. The first-order valence-corrected chi connectivity index (χ1v) is 8.42. The van der Waals surface area contributed by atoms with Gasteiger partial charge in [-0.25, -0.2) is 14.0 Å². The molecule has 0 bridgehead atoms. The van der Waals surface area contributed by atoms with Crippen molar-refractivity contribution >= 4 is 16.0 Å². The van der Waals surface area contributed by atoms with Crippen molar-refractivity contribution in [2.24, 2.45) is 0 Å². The summed E-state index contributed by atoms with van der Waals surface area (Å²) in [7, 11) is -3.69. The average Bonchev–Trinajstić information content (AvgIpc) is 3.14. The number of hydrogen-bond donors (Lipinski definition) is 0. The Morgan fingerprint density at radius 3 is 2.90 bits per heavy atom. The van der Waals surface area contributed by atoms with Gasteiger partial charge in [-0.3, -0.25) is 0 Å². The van der Waals surface area contributed by atoms with E-state index in [0.717, 1.165) is 6.42 Å². The van der Waals surface area contributed by atoms with Gasteiger partial charge in [-0.15, -0.1) is 0 Å². The van der Waals surface area contributed by atoms with Crippen LogP contribution in [0.5, 0.6) is 0 Å². The molecule has 0 spiro atoms. The molecule has 1 aliphatic rings. The molecule has 0 saturated carbocycles. The van der Waals surface area contributed by atoms with E-state index in [1.807, 2.05) is 18.4 Å². The summed E-state index contributed by atoms with van der Waals surface area (Å²) in [5.74, 6) is 0.360. The maximum atomic E-state index is 12.7. The van der Waals surface area contributed by atoms with Gasteiger partial charge in [-0.1, -0.05) is 6.92 Å². The zero-order chi connectivity index (χ0) is 15.0. The Morgan fingerprint density at radius 1 is 1.33 bits per heavy atom. The number of aryl methyl sites for hydroxylation is 1. The molecule has 1 aliphatic heterocycles. The van der Waals surface area contributed by atoms with Gasteiger partial charge in [0.15, 0.2) is 5.03 Å². The van der Waals surface area contributed by atoms with E-state index in [9.17, 15) is 8.42 Å². The molecule has 1 atom stereocenters. The molecule has 0 N–H and O–H groups in total. The summed E-state index contributed by atoms with van der Waals surface area (Å²) in [5.41, 5.74) is 0. The van der Waals surface area contributed by atoms with Gasteiger partial charge in [0, 0.05) is 25.3 Å². The van der Waals surface area contributed by atoms with E-state index in [2.05, 4.69) is 15.1 Å². The Morgan fingerprint density at radius 2 is 2.14 bits per heavy atom. The molecule has 0 aromatic carbocycles. The first-order valence-electron chi connectivity index (χ1n) is 6.98. The number of anilines is 1. The minimum atomic E-state index is -3.69.